The maximum absolute atomic E-state index is 5.42. The first-order chi connectivity index (χ1) is 9.65. The van der Waals surface area contributed by atoms with Crippen LogP contribution in [0.3, 0.4) is 0 Å². The molecule has 1 fully saturated rings. The maximum atomic E-state index is 5.42. The van der Waals surface area contributed by atoms with E-state index in [0.29, 0.717) is 6.04 Å². The molecule has 0 radical (unpaired) electrons. The molecule has 1 aromatic rings. The van der Waals surface area contributed by atoms with Crippen LogP contribution in [-0.4, -0.2) is 25.2 Å². The number of pyridine rings is 1. The van der Waals surface area contributed by atoms with Crippen LogP contribution in [0, 0.1) is 11.8 Å². The summed E-state index contributed by atoms with van der Waals surface area (Å²) >= 11 is 0. The summed E-state index contributed by atoms with van der Waals surface area (Å²) in [4.78, 5) is 4.41. The summed E-state index contributed by atoms with van der Waals surface area (Å²) < 4.78 is 10.7. The van der Waals surface area contributed by atoms with Gasteiger partial charge in [0.25, 0.3) is 0 Å². The van der Waals surface area contributed by atoms with Crippen molar-refractivity contribution >= 4 is 0 Å². The van der Waals surface area contributed by atoms with Crippen molar-refractivity contribution in [1.29, 1.82) is 0 Å². The summed E-state index contributed by atoms with van der Waals surface area (Å²) in [5, 5.41) is 3.62. The molecule has 0 spiro atoms. The summed E-state index contributed by atoms with van der Waals surface area (Å²) in [5.41, 5.74) is 0.915. The first kappa shape index (κ1) is 15.1. The van der Waals surface area contributed by atoms with Gasteiger partial charge in [-0.15, -0.1) is 0 Å². The number of aromatic nitrogens is 1. The van der Waals surface area contributed by atoms with Gasteiger partial charge in [0, 0.05) is 24.8 Å². The molecule has 3 atom stereocenters. The third-order valence-electron chi connectivity index (χ3n) is 4.52. The van der Waals surface area contributed by atoms with Gasteiger partial charge in [-0.2, -0.15) is 0 Å². The van der Waals surface area contributed by atoms with Crippen LogP contribution in [0.4, 0.5) is 0 Å². The van der Waals surface area contributed by atoms with E-state index in [4.69, 9.17) is 9.47 Å². The molecule has 1 aliphatic carbocycles. The second-order valence-corrected chi connectivity index (χ2v) is 5.84. The van der Waals surface area contributed by atoms with Crippen LogP contribution < -0.4 is 14.8 Å². The van der Waals surface area contributed by atoms with E-state index in [-0.39, 0.29) is 0 Å². The zero-order valence-electron chi connectivity index (χ0n) is 13.0. The van der Waals surface area contributed by atoms with Crippen molar-refractivity contribution in [2.45, 2.75) is 45.7 Å². The van der Waals surface area contributed by atoms with Gasteiger partial charge in [0.1, 0.15) is 0 Å². The van der Waals surface area contributed by atoms with Gasteiger partial charge in [0.05, 0.1) is 19.9 Å². The Morgan fingerprint density at radius 3 is 2.65 bits per heavy atom. The first-order valence-corrected chi connectivity index (χ1v) is 7.45. The fraction of sp³-hybridized carbons (Fsp3) is 0.688. The van der Waals surface area contributed by atoms with Gasteiger partial charge < -0.3 is 14.8 Å². The van der Waals surface area contributed by atoms with Crippen LogP contribution in [0.5, 0.6) is 11.5 Å². The van der Waals surface area contributed by atoms with Crippen molar-refractivity contribution in [1.82, 2.24) is 10.3 Å². The van der Waals surface area contributed by atoms with Crippen molar-refractivity contribution in [2.24, 2.45) is 11.8 Å². The van der Waals surface area contributed by atoms with E-state index < -0.39 is 0 Å². The standard InChI is InChI=1S/C16H26N2O2/c1-11-5-6-13(9-12(11)2)18-10-14-16(20-4)15(19-3)7-8-17-14/h7-8,11-13,18H,5-6,9-10H2,1-4H3. The average molecular weight is 278 g/mol. The monoisotopic (exact) mass is 278 g/mol. The van der Waals surface area contributed by atoms with E-state index >= 15 is 0 Å². The molecule has 1 N–H and O–H groups in total. The SMILES string of the molecule is COc1ccnc(CNC2CCC(C)C(C)C2)c1OC. The lowest BCUT2D eigenvalue weighted by Crippen LogP contribution is -2.36. The molecule has 3 unspecified atom stereocenters. The number of hydrogen-bond donors (Lipinski definition) is 1. The van der Waals surface area contributed by atoms with E-state index in [1.54, 1.807) is 20.4 Å². The summed E-state index contributed by atoms with van der Waals surface area (Å²) in [5.74, 6) is 3.11. The predicted molar refractivity (Wildman–Crippen MR) is 80.1 cm³/mol. The average Bonchev–Trinajstić information content (AvgIpc) is 2.47. The van der Waals surface area contributed by atoms with Gasteiger partial charge in [-0.3, -0.25) is 4.98 Å². The molecular weight excluding hydrogens is 252 g/mol. The van der Waals surface area contributed by atoms with Gasteiger partial charge >= 0.3 is 0 Å². The Hall–Kier alpha value is -1.29. The van der Waals surface area contributed by atoms with E-state index in [2.05, 4.69) is 24.1 Å². The Balaban J connectivity index is 1.97. The fourth-order valence-corrected chi connectivity index (χ4v) is 2.95. The second kappa shape index (κ2) is 6.93. The maximum Gasteiger partial charge on any atom is 0.183 e. The van der Waals surface area contributed by atoms with Crippen LogP contribution in [0.1, 0.15) is 38.8 Å². The number of nitrogens with zero attached hydrogens (tertiary/aromatic N) is 1. The molecule has 0 aliphatic heterocycles. The topological polar surface area (TPSA) is 43.4 Å². The number of hydrogen-bond acceptors (Lipinski definition) is 4. The number of ether oxygens (including phenoxy) is 2. The highest BCUT2D eigenvalue weighted by molar-refractivity contribution is 5.42. The van der Waals surface area contributed by atoms with Gasteiger partial charge in [-0.05, 0) is 31.1 Å². The lowest BCUT2D eigenvalue weighted by molar-refractivity contribution is 0.224. The van der Waals surface area contributed by atoms with E-state index in [0.717, 1.165) is 35.6 Å². The van der Waals surface area contributed by atoms with Crippen LogP contribution in [0.15, 0.2) is 12.3 Å². The zero-order chi connectivity index (χ0) is 14.5. The molecule has 0 aromatic carbocycles. The molecule has 1 heterocycles. The fourth-order valence-electron chi connectivity index (χ4n) is 2.95. The zero-order valence-corrected chi connectivity index (χ0v) is 13.0. The molecule has 1 aromatic heterocycles. The largest absolute Gasteiger partial charge is 0.493 e. The second-order valence-electron chi connectivity index (χ2n) is 5.84. The smallest absolute Gasteiger partial charge is 0.183 e. The van der Waals surface area contributed by atoms with Gasteiger partial charge in [-0.25, -0.2) is 0 Å². The Morgan fingerprint density at radius 1 is 1.20 bits per heavy atom. The minimum absolute atomic E-state index is 0.582. The molecule has 20 heavy (non-hydrogen) atoms. The Kier molecular flexibility index (Phi) is 5.24. The van der Waals surface area contributed by atoms with E-state index in [9.17, 15) is 0 Å². The van der Waals surface area contributed by atoms with E-state index in [1.165, 1.54) is 19.3 Å². The quantitative estimate of drug-likeness (QED) is 0.899. The Labute approximate surface area is 121 Å². The van der Waals surface area contributed by atoms with Crippen molar-refractivity contribution in [3.05, 3.63) is 18.0 Å². The van der Waals surface area contributed by atoms with Crippen LogP contribution in [-0.2, 0) is 6.54 Å². The van der Waals surface area contributed by atoms with Crippen LogP contribution in [0.25, 0.3) is 0 Å². The third-order valence-corrected chi connectivity index (χ3v) is 4.52. The minimum atomic E-state index is 0.582. The highest BCUT2D eigenvalue weighted by Crippen LogP contribution is 2.31. The molecule has 2 rings (SSSR count). The van der Waals surface area contributed by atoms with Crippen molar-refractivity contribution in [2.75, 3.05) is 14.2 Å². The molecule has 4 heteroatoms. The lowest BCUT2D eigenvalue weighted by atomic mass is 9.79. The molecule has 0 amide bonds. The summed E-state index contributed by atoms with van der Waals surface area (Å²) in [6, 6.07) is 2.41. The summed E-state index contributed by atoms with van der Waals surface area (Å²) in [6.07, 6.45) is 5.57. The van der Waals surface area contributed by atoms with Crippen LogP contribution in [0.2, 0.25) is 0 Å². The van der Waals surface area contributed by atoms with Crippen LogP contribution >= 0.6 is 0 Å². The highest BCUT2D eigenvalue weighted by Gasteiger charge is 2.24. The lowest BCUT2D eigenvalue weighted by Gasteiger charge is -2.32. The molecule has 1 aliphatic rings. The van der Waals surface area contributed by atoms with Gasteiger partial charge in [0.15, 0.2) is 11.5 Å². The number of nitrogens with one attached hydrogen (secondary N) is 1. The Bertz CT molecular complexity index is 436. The molecular formula is C16H26N2O2. The molecule has 0 bridgehead atoms. The van der Waals surface area contributed by atoms with Crippen molar-refractivity contribution in [3.63, 3.8) is 0 Å². The summed E-state index contributed by atoms with van der Waals surface area (Å²) in [6.45, 7) is 5.43. The molecule has 0 saturated heterocycles. The minimum Gasteiger partial charge on any atom is -0.493 e. The Morgan fingerprint density at radius 2 is 2.00 bits per heavy atom. The predicted octanol–water partition coefficient (Wildman–Crippen LogP) is 3.01. The van der Waals surface area contributed by atoms with E-state index in [1.807, 2.05) is 6.07 Å². The molecule has 112 valence electrons. The first-order valence-electron chi connectivity index (χ1n) is 7.45. The molecule has 1 saturated carbocycles. The highest BCUT2D eigenvalue weighted by atomic mass is 16.5. The van der Waals surface area contributed by atoms with Crippen molar-refractivity contribution in [3.8, 4) is 11.5 Å². The van der Waals surface area contributed by atoms with Crippen molar-refractivity contribution < 1.29 is 9.47 Å². The molecule has 4 nitrogen and oxygen atoms in total. The number of methoxy groups -OCH3 is 2. The normalized spacial score (nSPS) is 26.3. The summed E-state index contributed by atoms with van der Waals surface area (Å²) in [7, 11) is 3.31. The van der Waals surface area contributed by atoms with Gasteiger partial charge in [0.2, 0.25) is 0 Å². The number of rotatable bonds is 5. The third kappa shape index (κ3) is 3.42. The van der Waals surface area contributed by atoms with Gasteiger partial charge in [-0.1, -0.05) is 13.8 Å².